The van der Waals surface area contributed by atoms with Crippen molar-refractivity contribution in [2.24, 2.45) is 0 Å². The van der Waals surface area contributed by atoms with E-state index in [0.717, 1.165) is 0 Å². The van der Waals surface area contributed by atoms with E-state index in [4.69, 9.17) is 5.26 Å². The van der Waals surface area contributed by atoms with Gasteiger partial charge in [0.15, 0.2) is 0 Å². The standard InChI is InChI=1S/C10H10FNS/c1-10(7-12,13-2)8-4-3-5-9(11)6-8/h3-6H,1-2H3. The molecule has 13 heavy (non-hydrogen) atoms. The Morgan fingerprint density at radius 1 is 1.54 bits per heavy atom. The van der Waals surface area contributed by atoms with E-state index in [1.54, 1.807) is 19.1 Å². The maximum atomic E-state index is 12.9. The van der Waals surface area contributed by atoms with Crippen LogP contribution in [0, 0.1) is 17.1 Å². The van der Waals surface area contributed by atoms with Crippen LogP contribution in [-0.4, -0.2) is 6.26 Å². The van der Waals surface area contributed by atoms with Gasteiger partial charge in [0, 0.05) is 0 Å². The van der Waals surface area contributed by atoms with Gasteiger partial charge in [-0.05, 0) is 30.9 Å². The molecule has 1 nitrogen and oxygen atoms in total. The molecule has 0 heterocycles. The van der Waals surface area contributed by atoms with Crippen molar-refractivity contribution < 1.29 is 4.39 Å². The van der Waals surface area contributed by atoms with E-state index in [-0.39, 0.29) is 5.82 Å². The molecule has 1 aromatic carbocycles. The van der Waals surface area contributed by atoms with Crippen LogP contribution in [0.3, 0.4) is 0 Å². The average molecular weight is 195 g/mol. The van der Waals surface area contributed by atoms with Gasteiger partial charge >= 0.3 is 0 Å². The van der Waals surface area contributed by atoms with Gasteiger partial charge in [0.2, 0.25) is 0 Å². The van der Waals surface area contributed by atoms with Crippen LogP contribution in [0.4, 0.5) is 4.39 Å². The Hall–Kier alpha value is -1.01. The summed E-state index contributed by atoms with van der Waals surface area (Å²) in [6, 6.07) is 8.34. The highest BCUT2D eigenvalue weighted by Gasteiger charge is 2.24. The zero-order valence-electron chi connectivity index (χ0n) is 7.54. The molecular formula is C10H10FNS. The lowest BCUT2D eigenvalue weighted by Gasteiger charge is -2.18. The molecule has 1 rings (SSSR count). The lowest BCUT2D eigenvalue weighted by molar-refractivity contribution is 0.623. The SMILES string of the molecule is CSC(C)(C#N)c1cccc(F)c1. The van der Waals surface area contributed by atoms with Crippen molar-refractivity contribution in [3.8, 4) is 6.07 Å². The largest absolute Gasteiger partial charge is 0.207 e. The third-order valence-corrected chi connectivity index (χ3v) is 3.14. The van der Waals surface area contributed by atoms with E-state index in [1.165, 1.54) is 23.9 Å². The number of rotatable bonds is 2. The lowest BCUT2D eigenvalue weighted by atomic mass is 10.0. The van der Waals surface area contributed by atoms with Crippen LogP contribution >= 0.6 is 11.8 Å². The number of hydrogen-bond donors (Lipinski definition) is 0. The monoisotopic (exact) mass is 195 g/mol. The molecule has 68 valence electrons. The summed E-state index contributed by atoms with van der Waals surface area (Å²) in [4.78, 5) is 0. The highest BCUT2D eigenvalue weighted by Crippen LogP contribution is 2.33. The van der Waals surface area contributed by atoms with Crippen molar-refractivity contribution in [2.45, 2.75) is 11.7 Å². The Labute approximate surface area is 81.6 Å². The molecule has 0 N–H and O–H groups in total. The molecule has 0 saturated carbocycles. The Bertz CT molecular complexity index is 345. The number of halogens is 1. The molecule has 0 aliphatic heterocycles. The van der Waals surface area contributed by atoms with Gasteiger partial charge in [0.25, 0.3) is 0 Å². The first-order chi connectivity index (χ1) is 6.12. The van der Waals surface area contributed by atoms with E-state index in [1.807, 2.05) is 6.26 Å². The van der Waals surface area contributed by atoms with Gasteiger partial charge in [0.05, 0.1) is 6.07 Å². The van der Waals surface area contributed by atoms with E-state index in [9.17, 15) is 4.39 Å². The van der Waals surface area contributed by atoms with Crippen molar-refractivity contribution in [1.82, 2.24) is 0 Å². The molecule has 0 aliphatic carbocycles. The van der Waals surface area contributed by atoms with Crippen LogP contribution in [0.2, 0.25) is 0 Å². The summed E-state index contributed by atoms with van der Waals surface area (Å²) in [5, 5.41) is 8.94. The fourth-order valence-corrected chi connectivity index (χ4v) is 1.47. The predicted molar refractivity (Wildman–Crippen MR) is 52.9 cm³/mol. The third-order valence-electron chi connectivity index (χ3n) is 2.00. The van der Waals surface area contributed by atoms with Gasteiger partial charge in [-0.15, -0.1) is 11.8 Å². The second-order valence-corrected chi connectivity index (χ2v) is 4.08. The molecule has 0 aromatic heterocycles. The average Bonchev–Trinajstić information content (AvgIpc) is 2.17. The Morgan fingerprint density at radius 3 is 2.69 bits per heavy atom. The fourth-order valence-electron chi connectivity index (χ4n) is 1.01. The van der Waals surface area contributed by atoms with Gasteiger partial charge in [-0.1, -0.05) is 12.1 Å². The van der Waals surface area contributed by atoms with E-state index in [0.29, 0.717) is 5.56 Å². The second kappa shape index (κ2) is 3.80. The summed E-state index contributed by atoms with van der Waals surface area (Å²) >= 11 is 1.41. The maximum Gasteiger partial charge on any atom is 0.124 e. The van der Waals surface area contributed by atoms with Crippen LogP contribution < -0.4 is 0 Å². The van der Waals surface area contributed by atoms with Gasteiger partial charge in [-0.25, -0.2) is 4.39 Å². The molecular weight excluding hydrogens is 185 g/mol. The topological polar surface area (TPSA) is 23.8 Å². The molecule has 1 unspecified atom stereocenters. The van der Waals surface area contributed by atoms with Gasteiger partial charge < -0.3 is 0 Å². The molecule has 0 saturated heterocycles. The van der Waals surface area contributed by atoms with Crippen molar-refractivity contribution in [3.63, 3.8) is 0 Å². The highest BCUT2D eigenvalue weighted by atomic mass is 32.2. The minimum absolute atomic E-state index is 0.298. The normalized spacial score (nSPS) is 14.6. The Balaban J connectivity index is 3.14. The van der Waals surface area contributed by atoms with Crippen LogP contribution in [0.25, 0.3) is 0 Å². The second-order valence-electron chi connectivity index (χ2n) is 2.86. The van der Waals surface area contributed by atoms with E-state index >= 15 is 0 Å². The number of nitriles is 1. The molecule has 0 amide bonds. The van der Waals surface area contributed by atoms with Crippen LogP contribution in [0.15, 0.2) is 24.3 Å². The summed E-state index contributed by atoms with van der Waals surface area (Å²) in [5.41, 5.74) is 0.711. The van der Waals surface area contributed by atoms with Crippen molar-refractivity contribution in [3.05, 3.63) is 35.6 Å². The first kappa shape index (κ1) is 10.1. The summed E-state index contributed by atoms with van der Waals surface area (Å²) in [6.45, 7) is 1.78. The van der Waals surface area contributed by atoms with Crippen molar-refractivity contribution >= 4 is 11.8 Å². The maximum absolute atomic E-state index is 12.9. The van der Waals surface area contributed by atoms with Gasteiger partial charge in [0.1, 0.15) is 10.6 Å². The fraction of sp³-hybridized carbons (Fsp3) is 0.300. The highest BCUT2D eigenvalue weighted by molar-refractivity contribution is 7.99. The number of nitrogens with zero attached hydrogens (tertiary/aromatic N) is 1. The first-order valence-corrected chi connectivity index (χ1v) is 5.07. The number of thioether (sulfide) groups is 1. The minimum atomic E-state index is -0.651. The summed E-state index contributed by atoms with van der Waals surface area (Å²) in [5.74, 6) is -0.298. The van der Waals surface area contributed by atoms with Crippen LogP contribution in [0.1, 0.15) is 12.5 Å². The zero-order chi connectivity index (χ0) is 9.90. The Kier molecular flexibility index (Phi) is 2.94. The minimum Gasteiger partial charge on any atom is -0.207 e. The van der Waals surface area contributed by atoms with Gasteiger partial charge in [-0.3, -0.25) is 0 Å². The molecule has 0 radical (unpaired) electrons. The smallest absolute Gasteiger partial charge is 0.124 e. The molecule has 0 fully saturated rings. The summed E-state index contributed by atoms with van der Waals surface area (Å²) in [7, 11) is 0. The number of benzene rings is 1. The third kappa shape index (κ3) is 2.02. The van der Waals surface area contributed by atoms with Crippen LogP contribution in [-0.2, 0) is 4.75 Å². The molecule has 1 atom stereocenters. The number of hydrogen-bond acceptors (Lipinski definition) is 2. The molecule has 0 spiro atoms. The quantitative estimate of drug-likeness (QED) is 0.724. The van der Waals surface area contributed by atoms with Gasteiger partial charge in [-0.2, -0.15) is 5.26 Å². The summed E-state index contributed by atoms with van der Waals surface area (Å²) in [6.07, 6.45) is 1.84. The van der Waals surface area contributed by atoms with Crippen LogP contribution in [0.5, 0.6) is 0 Å². The van der Waals surface area contributed by atoms with Crippen molar-refractivity contribution in [2.75, 3.05) is 6.26 Å². The molecule has 3 heteroatoms. The Morgan fingerprint density at radius 2 is 2.23 bits per heavy atom. The zero-order valence-corrected chi connectivity index (χ0v) is 8.36. The van der Waals surface area contributed by atoms with E-state index in [2.05, 4.69) is 6.07 Å². The predicted octanol–water partition coefficient (Wildman–Crippen LogP) is 2.93. The van der Waals surface area contributed by atoms with E-state index < -0.39 is 4.75 Å². The molecule has 0 bridgehead atoms. The first-order valence-electron chi connectivity index (χ1n) is 3.85. The molecule has 1 aromatic rings. The lowest BCUT2D eigenvalue weighted by Crippen LogP contribution is -2.13. The van der Waals surface area contributed by atoms with Crippen molar-refractivity contribution in [1.29, 1.82) is 5.26 Å². The molecule has 0 aliphatic rings. The summed E-state index contributed by atoms with van der Waals surface area (Å²) < 4.78 is 12.2.